The van der Waals surface area contributed by atoms with Crippen molar-refractivity contribution >= 4 is 30.1 Å². The summed E-state index contributed by atoms with van der Waals surface area (Å²) in [7, 11) is -1.50. The van der Waals surface area contributed by atoms with Gasteiger partial charge in [0.25, 0.3) is 0 Å². The van der Waals surface area contributed by atoms with Gasteiger partial charge in [0.1, 0.15) is 11.2 Å². The second-order valence-corrected chi connectivity index (χ2v) is 12.0. The summed E-state index contributed by atoms with van der Waals surface area (Å²) in [6.45, 7) is 17.6. The van der Waals surface area contributed by atoms with Crippen molar-refractivity contribution in [2.24, 2.45) is 0 Å². The molecule has 0 bridgehead atoms. The van der Waals surface area contributed by atoms with E-state index in [9.17, 15) is 0 Å². The average Bonchev–Trinajstić information content (AvgIpc) is 3.10. The number of rotatable bonds is 5. The smallest absolute Gasteiger partial charge is 0.310 e. The van der Waals surface area contributed by atoms with Crippen LogP contribution < -0.4 is 4.67 Å². The predicted octanol–water partition coefficient (Wildman–Crippen LogP) is 10.6. The van der Waals surface area contributed by atoms with Gasteiger partial charge in [-0.2, -0.15) is 4.67 Å². The second kappa shape index (κ2) is 10.5. The Morgan fingerprint density at radius 2 is 0.921 bits per heavy atom. The van der Waals surface area contributed by atoms with Gasteiger partial charge >= 0.3 is 8.16 Å². The molecule has 5 aromatic rings. The number of hydrogen-bond acceptors (Lipinski definition) is 3. The largest absolute Gasteiger partial charge is 0.407 e. The van der Waals surface area contributed by atoms with E-state index in [-0.39, 0.29) is 12.1 Å². The molecule has 0 amide bonds. The minimum absolute atomic E-state index is 0.0706. The van der Waals surface area contributed by atoms with Crippen molar-refractivity contribution in [2.45, 2.75) is 67.5 Å². The van der Waals surface area contributed by atoms with Gasteiger partial charge in [0.2, 0.25) is 0 Å². The normalized spacial score (nSPS) is 13.3. The number of benzene rings is 4. The van der Waals surface area contributed by atoms with Gasteiger partial charge in [0, 0.05) is 22.9 Å². The van der Waals surface area contributed by atoms with Crippen LogP contribution in [0.3, 0.4) is 0 Å². The number of fused-ring (bicyclic) bond motifs is 3. The highest BCUT2D eigenvalue weighted by Gasteiger charge is 2.29. The first-order valence-electron chi connectivity index (χ1n) is 13.4. The molecule has 0 aliphatic carbocycles. The Morgan fingerprint density at radius 3 is 1.29 bits per heavy atom. The molecule has 0 unspecified atom stereocenters. The lowest BCUT2D eigenvalue weighted by atomic mass is 9.94. The van der Waals surface area contributed by atoms with Crippen molar-refractivity contribution in [2.75, 3.05) is 4.67 Å². The molecule has 0 saturated heterocycles. The van der Waals surface area contributed by atoms with Crippen LogP contribution in [0.25, 0.3) is 21.9 Å². The zero-order chi connectivity index (χ0) is 27.1. The first-order valence-corrected chi connectivity index (χ1v) is 14.6. The molecule has 38 heavy (non-hydrogen) atoms. The van der Waals surface area contributed by atoms with Crippen molar-refractivity contribution in [3.05, 3.63) is 117 Å². The fourth-order valence-corrected chi connectivity index (χ4v) is 7.46. The van der Waals surface area contributed by atoms with Crippen LogP contribution in [0.1, 0.15) is 70.4 Å². The van der Waals surface area contributed by atoms with Crippen molar-refractivity contribution in [1.29, 1.82) is 0 Å². The van der Waals surface area contributed by atoms with Crippen LogP contribution in [-0.4, -0.2) is 0 Å². The Labute approximate surface area is 227 Å². The Hall–Kier alpha value is -3.26. The quantitative estimate of drug-likeness (QED) is 0.229. The van der Waals surface area contributed by atoms with Gasteiger partial charge in [-0.15, -0.1) is 0 Å². The first kappa shape index (κ1) is 26.4. The molecule has 3 nitrogen and oxygen atoms in total. The molecule has 0 N–H and O–H groups in total. The fourth-order valence-electron chi connectivity index (χ4n) is 5.62. The van der Waals surface area contributed by atoms with Gasteiger partial charge in [-0.05, 0) is 99.9 Å². The lowest BCUT2D eigenvalue weighted by molar-refractivity contribution is 0.557. The van der Waals surface area contributed by atoms with Crippen LogP contribution >= 0.6 is 8.16 Å². The second-order valence-electron chi connectivity index (χ2n) is 10.7. The molecule has 2 atom stereocenters. The van der Waals surface area contributed by atoms with Crippen LogP contribution in [0.2, 0.25) is 0 Å². The highest BCUT2D eigenvalue weighted by Crippen LogP contribution is 2.48. The minimum atomic E-state index is -1.50. The maximum Gasteiger partial charge on any atom is 0.310 e. The Kier molecular flexibility index (Phi) is 7.27. The summed E-state index contributed by atoms with van der Waals surface area (Å²) in [5, 5.41) is 2.35. The fraction of sp³-hybridized carbons (Fsp3) is 0.294. The third-order valence-electron chi connectivity index (χ3n) is 8.10. The maximum absolute atomic E-state index is 7.07. The zero-order valence-electron chi connectivity index (χ0n) is 23.8. The van der Waals surface area contributed by atoms with E-state index in [0.29, 0.717) is 0 Å². The third-order valence-corrected chi connectivity index (χ3v) is 9.85. The standard InChI is InChI=1S/C34H38NO2P/c1-21-19-23(3)33-31(25(21)5)32-26(6)22(2)20-24(4)34(32)37-38(36-33)35(27(7)29-15-11-9-12-16-29)28(8)30-17-13-10-14-18-30/h9-20,27-28H,1-8H3/t27-,28+. The lowest BCUT2D eigenvalue weighted by Gasteiger charge is -2.31. The van der Waals surface area contributed by atoms with E-state index in [0.717, 1.165) is 22.3 Å². The molecule has 0 aliphatic rings. The molecule has 1 heterocycles. The van der Waals surface area contributed by atoms with E-state index < -0.39 is 8.16 Å². The third kappa shape index (κ3) is 4.59. The molecule has 0 saturated carbocycles. The molecule has 196 valence electrons. The van der Waals surface area contributed by atoms with Crippen molar-refractivity contribution in [3.8, 4) is 0 Å². The summed E-state index contributed by atoms with van der Waals surface area (Å²) in [5.74, 6) is 0. The molecular weight excluding hydrogens is 485 g/mol. The van der Waals surface area contributed by atoms with E-state index in [1.807, 2.05) is 0 Å². The Morgan fingerprint density at radius 1 is 0.553 bits per heavy atom. The highest BCUT2D eigenvalue weighted by molar-refractivity contribution is 7.39. The van der Waals surface area contributed by atoms with Crippen molar-refractivity contribution in [1.82, 2.24) is 0 Å². The molecule has 4 heteroatoms. The predicted molar refractivity (Wildman–Crippen MR) is 163 cm³/mol. The van der Waals surface area contributed by atoms with Gasteiger partial charge in [-0.3, -0.25) is 0 Å². The summed E-state index contributed by atoms with van der Waals surface area (Å²) in [5.41, 5.74) is 11.7. The van der Waals surface area contributed by atoms with Gasteiger partial charge < -0.3 is 8.39 Å². The summed E-state index contributed by atoms with van der Waals surface area (Å²) in [6.07, 6.45) is 0. The molecule has 0 radical (unpaired) electrons. The van der Waals surface area contributed by atoms with Crippen LogP contribution in [0, 0.1) is 41.5 Å². The molecule has 0 spiro atoms. The van der Waals surface area contributed by atoms with Gasteiger partial charge in [-0.25, -0.2) is 0 Å². The summed E-state index contributed by atoms with van der Waals surface area (Å²) >= 11 is 0. The van der Waals surface area contributed by atoms with Gasteiger partial charge in [0.15, 0.2) is 0 Å². The summed E-state index contributed by atoms with van der Waals surface area (Å²) < 4.78 is 16.6. The molecule has 4 aromatic carbocycles. The van der Waals surface area contributed by atoms with Crippen molar-refractivity contribution < 1.29 is 8.39 Å². The molecule has 1 aromatic heterocycles. The molecule has 0 fully saturated rings. The average molecular weight is 524 g/mol. The molecular formula is C34H38NO2P. The monoisotopic (exact) mass is 523 g/mol. The number of nitrogens with zero attached hydrogens (tertiary/aromatic N) is 1. The van der Waals surface area contributed by atoms with Crippen LogP contribution in [0.15, 0.2) is 81.2 Å². The minimum Gasteiger partial charge on any atom is -0.407 e. The summed E-state index contributed by atoms with van der Waals surface area (Å²) in [6, 6.07) is 26.0. The SMILES string of the molecule is Cc1cc(C)c2op(N([C@H](C)c3ccccc3)[C@@H](C)c3ccccc3)oc3c(C)cc(C)c(C)c3c2c1C. The highest BCUT2D eigenvalue weighted by atomic mass is 31.1. The van der Waals surface area contributed by atoms with Crippen LogP contribution in [0.5, 0.6) is 0 Å². The van der Waals surface area contributed by atoms with Gasteiger partial charge in [-0.1, -0.05) is 72.8 Å². The first-order chi connectivity index (χ1) is 18.2. The van der Waals surface area contributed by atoms with E-state index in [2.05, 4.69) is 133 Å². The van der Waals surface area contributed by atoms with Crippen molar-refractivity contribution in [3.63, 3.8) is 0 Å². The van der Waals surface area contributed by atoms with E-state index in [1.165, 1.54) is 44.2 Å². The topological polar surface area (TPSA) is 29.5 Å². The van der Waals surface area contributed by atoms with E-state index in [1.54, 1.807) is 0 Å². The van der Waals surface area contributed by atoms with Crippen LogP contribution in [0.4, 0.5) is 0 Å². The molecule has 0 aliphatic heterocycles. The Bertz CT molecular complexity index is 1530. The van der Waals surface area contributed by atoms with Gasteiger partial charge in [0.05, 0.1) is 0 Å². The number of hydrogen-bond donors (Lipinski definition) is 0. The van der Waals surface area contributed by atoms with E-state index in [4.69, 9.17) is 8.39 Å². The summed E-state index contributed by atoms with van der Waals surface area (Å²) in [4.78, 5) is 0. The van der Waals surface area contributed by atoms with Crippen LogP contribution in [-0.2, 0) is 0 Å². The molecule has 5 rings (SSSR count). The number of aryl methyl sites for hydroxylation is 6. The maximum atomic E-state index is 7.07. The lowest BCUT2D eigenvalue weighted by Crippen LogP contribution is -2.27. The Balaban J connectivity index is 1.92. The van der Waals surface area contributed by atoms with E-state index >= 15 is 0 Å². The zero-order valence-corrected chi connectivity index (χ0v) is 24.7.